The smallest absolute Gasteiger partial charge is 0.205 e. The van der Waals surface area contributed by atoms with Crippen molar-refractivity contribution >= 4 is 0 Å². The molecule has 1 heterocycles. The molecule has 0 bridgehead atoms. The lowest BCUT2D eigenvalue weighted by Crippen LogP contribution is -2.21. The summed E-state index contributed by atoms with van der Waals surface area (Å²) in [4.78, 5) is 0. The molecule has 5 nitrogen and oxygen atoms in total. The molecule has 1 aliphatic rings. The number of nitriles is 1. The van der Waals surface area contributed by atoms with Crippen LogP contribution in [-0.2, 0) is 0 Å². The number of unbranched alkanes of at least 4 members (excludes halogenated alkanes) is 2. The summed E-state index contributed by atoms with van der Waals surface area (Å²) in [7, 11) is 0. The van der Waals surface area contributed by atoms with E-state index in [4.69, 9.17) is 15.2 Å². The molecule has 0 radical (unpaired) electrons. The largest absolute Gasteiger partial charge is 0.507 e. The molecule has 2 aromatic carbocycles. The quantitative estimate of drug-likeness (QED) is 0.763. The molecule has 0 fully saturated rings. The van der Waals surface area contributed by atoms with Gasteiger partial charge in [-0.15, -0.1) is 0 Å². The van der Waals surface area contributed by atoms with E-state index in [0.29, 0.717) is 17.9 Å². The first-order valence-electron chi connectivity index (χ1n) is 8.78. The summed E-state index contributed by atoms with van der Waals surface area (Å²) < 4.78 is 11.3. The van der Waals surface area contributed by atoms with Crippen LogP contribution in [0.15, 0.2) is 53.9 Å². The molecule has 3 rings (SSSR count). The number of rotatable bonds is 6. The fourth-order valence-electron chi connectivity index (χ4n) is 3.12. The second-order valence-corrected chi connectivity index (χ2v) is 6.24. The number of fused-ring (bicyclic) bond motifs is 1. The molecule has 3 N–H and O–H groups in total. The van der Waals surface area contributed by atoms with Gasteiger partial charge in [-0.25, -0.2) is 0 Å². The molecule has 1 atom stereocenters. The Morgan fingerprint density at radius 3 is 2.65 bits per heavy atom. The normalized spacial score (nSPS) is 15.8. The Balaban J connectivity index is 1.91. The van der Waals surface area contributed by atoms with Gasteiger partial charge in [0.15, 0.2) is 0 Å². The van der Waals surface area contributed by atoms with Gasteiger partial charge < -0.3 is 20.3 Å². The van der Waals surface area contributed by atoms with Gasteiger partial charge in [-0.1, -0.05) is 38.0 Å². The topological polar surface area (TPSA) is 88.5 Å². The Morgan fingerprint density at radius 1 is 1.19 bits per heavy atom. The lowest BCUT2D eigenvalue weighted by molar-refractivity contribution is 0.306. The molecule has 1 unspecified atom stereocenters. The van der Waals surface area contributed by atoms with E-state index in [2.05, 4.69) is 13.0 Å². The zero-order chi connectivity index (χ0) is 18.5. The number of nitrogens with two attached hydrogens (primary N) is 1. The van der Waals surface area contributed by atoms with E-state index in [9.17, 15) is 10.4 Å². The van der Waals surface area contributed by atoms with Gasteiger partial charge in [-0.2, -0.15) is 5.26 Å². The molecule has 0 aliphatic carbocycles. The number of nitrogens with zero attached hydrogens (tertiary/aromatic N) is 1. The lowest BCUT2D eigenvalue weighted by atomic mass is 9.83. The van der Waals surface area contributed by atoms with Gasteiger partial charge in [-0.3, -0.25) is 0 Å². The summed E-state index contributed by atoms with van der Waals surface area (Å²) in [5.74, 6) is 0.915. The molecule has 134 valence electrons. The van der Waals surface area contributed by atoms with Gasteiger partial charge in [0.2, 0.25) is 5.88 Å². The number of ether oxygens (including phenoxy) is 2. The maximum atomic E-state index is 10.3. The van der Waals surface area contributed by atoms with Crippen LogP contribution in [0.3, 0.4) is 0 Å². The molecule has 2 aromatic rings. The second-order valence-electron chi connectivity index (χ2n) is 6.24. The van der Waals surface area contributed by atoms with E-state index in [1.54, 1.807) is 18.2 Å². The van der Waals surface area contributed by atoms with E-state index in [0.717, 1.165) is 30.6 Å². The van der Waals surface area contributed by atoms with Crippen LogP contribution in [0.5, 0.6) is 17.2 Å². The van der Waals surface area contributed by atoms with Crippen molar-refractivity contribution in [1.82, 2.24) is 0 Å². The van der Waals surface area contributed by atoms with Crippen LogP contribution in [-0.4, -0.2) is 11.7 Å². The number of aromatic hydroxyl groups is 1. The zero-order valence-electron chi connectivity index (χ0n) is 14.7. The first-order chi connectivity index (χ1) is 12.7. The predicted octanol–water partition coefficient (Wildman–Crippen LogP) is 4.18. The van der Waals surface area contributed by atoms with Gasteiger partial charge in [0.05, 0.1) is 12.5 Å². The summed E-state index contributed by atoms with van der Waals surface area (Å²) in [6.45, 7) is 2.84. The number of phenols is 1. The first kappa shape index (κ1) is 17.7. The van der Waals surface area contributed by atoms with Crippen LogP contribution < -0.4 is 15.2 Å². The summed E-state index contributed by atoms with van der Waals surface area (Å²) >= 11 is 0. The van der Waals surface area contributed by atoms with Gasteiger partial charge in [0.25, 0.3) is 0 Å². The monoisotopic (exact) mass is 350 g/mol. The van der Waals surface area contributed by atoms with Gasteiger partial charge in [-0.05, 0) is 36.2 Å². The highest BCUT2D eigenvalue weighted by molar-refractivity contribution is 5.60. The number of hydrogen-bond acceptors (Lipinski definition) is 5. The van der Waals surface area contributed by atoms with Gasteiger partial charge >= 0.3 is 0 Å². The fraction of sp³-hybridized carbons (Fsp3) is 0.286. The van der Waals surface area contributed by atoms with Crippen LogP contribution in [0.2, 0.25) is 0 Å². The van der Waals surface area contributed by atoms with Crippen LogP contribution in [0.25, 0.3) is 0 Å². The summed E-state index contributed by atoms with van der Waals surface area (Å²) in [6, 6.07) is 14.7. The number of benzene rings is 2. The van der Waals surface area contributed by atoms with Crippen molar-refractivity contribution in [3.8, 4) is 23.3 Å². The van der Waals surface area contributed by atoms with E-state index >= 15 is 0 Å². The number of hydrogen-bond donors (Lipinski definition) is 2. The van der Waals surface area contributed by atoms with Crippen LogP contribution in [0, 0.1) is 11.3 Å². The van der Waals surface area contributed by atoms with Crippen molar-refractivity contribution in [2.45, 2.75) is 32.1 Å². The highest BCUT2D eigenvalue weighted by Gasteiger charge is 2.32. The first-order valence-corrected chi connectivity index (χ1v) is 8.78. The Hall–Kier alpha value is -3.13. The Kier molecular flexibility index (Phi) is 5.33. The fourth-order valence-corrected chi connectivity index (χ4v) is 3.12. The van der Waals surface area contributed by atoms with E-state index in [1.807, 2.05) is 24.3 Å². The molecule has 0 spiro atoms. The van der Waals surface area contributed by atoms with Crippen molar-refractivity contribution < 1.29 is 14.6 Å². The summed E-state index contributed by atoms with van der Waals surface area (Å²) in [5, 5.41) is 19.9. The minimum absolute atomic E-state index is 0.0653. The van der Waals surface area contributed by atoms with Crippen molar-refractivity contribution in [3.05, 3.63) is 65.0 Å². The van der Waals surface area contributed by atoms with Crippen LogP contribution >= 0.6 is 0 Å². The Bertz CT molecular complexity index is 851. The van der Waals surface area contributed by atoms with Crippen LogP contribution in [0.1, 0.15) is 43.2 Å². The average molecular weight is 350 g/mol. The zero-order valence-corrected chi connectivity index (χ0v) is 14.7. The van der Waals surface area contributed by atoms with E-state index in [-0.39, 0.29) is 17.2 Å². The Labute approximate surface area is 153 Å². The molecule has 26 heavy (non-hydrogen) atoms. The highest BCUT2D eigenvalue weighted by atomic mass is 16.5. The third kappa shape index (κ3) is 3.45. The van der Waals surface area contributed by atoms with Gasteiger partial charge in [0.1, 0.15) is 28.9 Å². The Morgan fingerprint density at radius 2 is 1.96 bits per heavy atom. The maximum Gasteiger partial charge on any atom is 0.205 e. The third-order valence-corrected chi connectivity index (χ3v) is 4.46. The van der Waals surface area contributed by atoms with Crippen LogP contribution in [0.4, 0.5) is 0 Å². The maximum absolute atomic E-state index is 10.3. The molecule has 0 saturated heterocycles. The van der Waals surface area contributed by atoms with Crippen molar-refractivity contribution in [1.29, 1.82) is 5.26 Å². The van der Waals surface area contributed by atoms with Crippen molar-refractivity contribution in [2.75, 3.05) is 6.61 Å². The molecular weight excluding hydrogens is 328 g/mol. The lowest BCUT2D eigenvalue weighted by Gasteiger charge is -2.27. The summed E-state index contributed by atoms with van der Waals surface area (Å²) in [5.41, 5.74) is 7.62. The minimum Gasteiger partial charge on any atom is -0.507 e. The van der Waals surface area contributed by atoms with Gasteiger partial charge in [0, 0.05) is 5.56 Å². The molecule has 0 aromatic heterocycles. The standard InChI is InChI=1S/C21H22N2O3/c1-2-3-4-12-25-15-10-8-14(9-11-15)19-16(13-22)21(23)26-18-7-5-6-17(24)20(18)19/h5-11,19,24H,2-4,12,23H2,1H3. The average Bonchev–Trinajstić information content (AvgIpc) is 2.65. The molecular formula is C21H22N2O3. The molecule has 0 amide bonds. The number of allylic oxidation sites excluding steroid dienone is 1. The van der Waals surface area contributed by atoms with Crippen molar-refractivity contribution in [3.63, 3.8) is 0 Å². The summed E-state index contributed by atoms with van der Waals surface area (Å²) in [6.07, 6.45) is 3.32. The van der Waals surface area contributed by atoms with E-state index in [1.165, 1.54) is 0 Å². The third-order valence-electron chi connectivity index (χ3n) is 4.46. The number of phenolic OH excluding ortho intramolecular Hbond substituents is 1. The predicted molar refractivity (Wildman–Crippen MR) is 98.9 cm³/mol. The highest BCUT2D eigenvalue weighted by Crippen LogP contribution is 2.46. The SMILES string of the molecule is CCCCCOc1ccc(C2C(C#N)=C(N)Oc3cccc(O)c32)cc1. The second kappa shape index (κ2) is 7.83. The van der Waals surface area contributed by atoms with Crippen molar-refractivity contribution in [2.24, 2.45) is 5.73 Å². The molecule has 0 saturated carbocycles. The molecule has 5 heteroatoms. The minimum atomic E-state index is -0.473. The van der Waals surface area contributed by atoms with E-state index < -0.39 is 5.92 Å². The molecule has 1 aliphatic heterocycles.